The van der Waals surface area contributed by atoms with E-state index in [0.29, 0.717) is 13.1 Å². The molecule has 2 heterocycles. The fraction of sp³-hybridized carbons (Fsp3) is 0.368. The highest BCUT2D eigenvalue weighted by Gasteiger charge is 2.28. The standard InChI is InChI=1S/C19H21ClFN3O4S/c20-15-12-14(7-8-16(15)21)22-18(25)13-23-9-5-6-17(19(23)26)29(27,28)24-10-3-1-2-4-11-24/h5-9,12H,1-4,10-11,13H2,(H,22,25). The number of halogens is 2. The number of amides is 1. The lowest BCUT2D eigenvalue weighted by atomic mass is 10.2. The van der Waals surface area contributed by atoms with Gasteiger partial charge in [0.05, 0.1) is 5.02 Å². The molecular weight excluding hydrogens is 421 g/mol. The number of sulfonamides is 1. The maximum atomic E-state index is 13.2. The number of benzene rings is 1. The lowest BCUT2D eigenvalue weighted by molar-refractivity contribution is -0.116. The van der Waals surface area contributed by atoms with Crippen LogP contribution in [0.15, 0.2) is 46.2 Å². The minimum absolute atomic E-state index is 0.148. The molecule has 1 aliphatic heterocycles. The summed E-state index contributed by atoms with van der Waals surface area (Å²) in [7, 11) is -3.93. The van der Waals surface area contributed by atoms with E-state index >= 15 is 0 Å². The van der Waals surface area contributed by atoms with Gasteiger partial charge in [-0.15, -0.1) is 0 Å². The maximum Gasteiger partial charge on any atom is 0.271 e. The zero-order valence-electron chi connectivity index (χ0n) is 15.6. The second-order valence-corrected chi connectivity index (χ2v) is 9.11. The third kappa shape index (κ3) is 5.04. The van der Waals surface area contributed by atoms with E-state index in [1.807, 2.05) is 0 Å². The molecule has 0 bridgehead atoms. The van der Waals surface area contributed by atoms with Crippen molar-refractivity contribution in [2.45, 2.75) is 37.1 Å². The number of carbonyl (C=O) groups is 1. The van der Waals surface area contributed by atoms with Crippen molar-refractivity contribution in [1.29, 1.82) is 0 Å². The van der Waals surface area contributed by atoms with Crippen LogP contribution in [-0.4, -0.2) is 36.3 Å². The van der Waals surface area contributed by atoms with Gasteiger partial charge in [0.25, 0.3) is 5.56 Å². The van der Waals surface area contributed by atoms with E-state index in [4.69, 9.17) is 11.6 Å². The van der Waals surface area contributed by atoms with Crippen LogP contribution in [0.5, 0.6) is 0 Å². The Morgan fingerprint density at radius 2 is 1.83 bits per heavy atom. The van der Waals surface area contributed by atoms with Crippen molar-refractivity contribution in [3.05, 3.63) is 57.7 Å². The highest BCUT2D eigenvalue weighted by molar-refractivity contribution is 7.89. The SMILES string of the molecule is O=C(Cn1cccc(S(=O)(=O)N2CCCCCC2)c1=O)Nc1ccc(F)c(Cl)c1. The molecule has 3 rings (SSSR count). The highest BCUT2D eigenvalue weighted by Crippen LogP contribution is 2.20. The first-order valence-corrected chi connectivity index (χ1v) is 11.1. The van der Waals surface area contributed by atoms with E-state index in [1.54, 1.807) is 0 Å². The third-order valence-corrected chi connectivity index (χ3v) is 6.89. The predicted molar refractivity (Wildman–Crippen MR) is 108 cm³/mol. The average molecular weight is 442 g/mol. The van der Waals surface area contributed by atoms with Crippen LogP contribution < -0.4 is 10.9 Å². The quantitative estimate of drug-likeness (QED) is 0.772. The molecule has 1 aromatic carbocycles. The fourth-order valence-electron chi connectivity index (χ4n) is 3.19. The molecule has 1 aliphatic rings. The van der Waals surface area contributed by atoms with Gasteiger partial charge in [-0.3, -0.25) is 9.59 Å². The van der Waals surface area contributed by atoms with E-state index in [2.05, 4.69) is 5.32 Å². The molecule has 0 unspecified atom stereocenters. The Morgan fingerprint density at radius 1 is 1.14 bits per heavy atom. The maximum absolute atomic E-state index is 13.2. The molecule has 29 heavy (non-hydrogen) atoms. The second kappa shape index (κ2) is 9.06. The minimum atomic E-state index is -3.93. The van der Waals surface area contributed by atoms with Crippen molar-refractivity contribution < 1.29 is 17.6 Å². The van der Waals surface area contributed by atoms with Crippen molar-refractivity contribution in [2.24, 2.45) is 0 Å². The number of nitrogens with zero attached hydrogens (tertiary/aromatic N) is 2. The van der Waals surface area contributed by atoms with E-state index < -0.39 is 33.9 Å². The van der Waals surface area contributed by atoms with Gasteiger partial charge >= 0.3 is 0 Å². The van der Waals surface area contributed by atoms with E-state index in [0.717, 1.165) is 36.3 Å². The van der Waals surface area contributed by atoms with Crippen LogP contribution >= 0.6 is 11.6 Å². The number of hydrogen-bond acceptors (Lipinski definition) is 4. The van der Waals surface area contributed by atoms with Crippen molar-refractivity contribution in [2.75, 3.05) is 18.4 Å². The Balaban J connectivity index is 1.80. The van der Waals surface area contributed by atoms with Crippen molar-refractivity contribution >= 4 is 33.2 Å². The Labute approximate surface area is 173 Å². The van der Waals surface area contributed by atoms with Crippen LogP contribution in [0.3, 0.4) is 0 Å². The van der Waals surface area contributed by atoms with Crippen LogP contribution in [0.2, 0.25) is 5.02 Å². The molecule has 1 fully saturated rings. The van der Waals surface area contributed by atoms with Gasteiger partial charge < -0.3 is 9.88 Å². The first kappa shape index (κ1) is 21.5. The lowest BCUT2D eigenvalue weighted by Gasteiger charge is -2.20. The molecule has 1 saturated heterocycles. The van der Waals surface area contributed by atoms with Crippen LogP contribution in [0.4, 0.5) is 10.1 Å². The summed E-state index contributed by atoms with van der Waals surface area (Å²) in [4.78, 5) is 24.7. The molecule has 1 aromatic heterocycles. The summed E-state index contributed by atoms with van der Waals surface area (Å²) < 4.78 is 41.4. The molecule has 0 atom stereocenters. The molecule has 0 saturated carbocycles. The Morgan fingerprint density at radius 3 is 2.48 bits per heavy atom. The normalized spacial score (nSPS) is 15.7. The number of hydrogen-bond donors (Lipinski definition) is 1. The minimum Gasteiger partial charge on any atom is -0.324 e. The first-order chi connectivity index (χ1) is 13.8. The van der Waals surface area contributed by atoms with Crippen LogP contribution in [-0.2, 0) is 21.4 Å². The summed E-state index contributed by atoms with van der Waals surface area (Å²) in [5.74, 6) is -1.19. The molecule has 2 aromatic rings. The number of anilines is 1. The smallest absolute Gasteiger partial charge is 0.271 e. The zero-order valence-corrected chi connectivity index (χ0v) is 17.2. The Kier molecular flexibility index (Phi) is 6.71. The molecule has 0 aliphatic carbocycles. The summed E-state index contributed by atoms with van der Waals surface area (Å²) in [6.45, 7) is 0.363. The van der Waals surface area contributed by atoms with Gasteiger partial charge in [0.15, 0.2) is 0 Å². The van der Waals surface area contributed by atoms with Gasteiger partial charge in [0, 0.05) is 25.0 Å². The zero-order chi connectivity index (χ0) is 21.0. The van der Waals surface area contributed by atoms with Crippen molar-refractivity contribution in [3.8, 4) is 0 Å². The average Bonchev–Trinajstić information content (AvgIpc) is 2.96. The summed E-state index contributed by atoms with van der Waals surface area (Å²) in [6.07, 6.45) is 4.77. The van der Waals surface area contributed by atoms with Gasteiger partial charge in [-0.05, 0) is 43.2 Å². The lowest BCUT2D eigenvalue weighted by Crippen LogP contribution is -2.37. The van der Waals surface area contributed by atoms with Gasteiger partial charge in [0.2, 0.25) is 15.9 Å². The molecule has 7 nitrogen and oxygen atoms in total. The van der Waals surface area contributed by atoms with Crippen molar-refractivity contribution in [1.82, 2.24) is 8.87 Å². The van der Waals surface area contributed by atoms with Gasteiger partial charge in [-0.25, -0.2) is 12.8 Å². The Bertz CT molecular complexity index is 1060. The molecule has 1 amide bonds. The fourth-order valence-corrected chi connectivity index (χ4v) is 4.97. The monoisotopic (exact) mass is 441 g/mol. The van der Waals surface area contributed by atoms with E-state index in [1.165, 1.54) is 34.8 Å². The summed E-state index contributed by atoms with van der Waals surface area (Å²) >= 11 is 5.69. The molecular formula is C19H21ClFN3O4S. The number of carbonyl (C=O) groups excluding carboxylic acids is 1. The van der Waals surface area contributed by atoms with Gasteiger partial charge in [-0.2, -0.15) is 4.31 Å². The second-order valence-electron chi connectivity index (χ2n) is 6.80. The highest BCUT2D eigenvalue weighted by atomic mass is 35.5. The van der Waals surface area contributed by atoms with E-state index in [9.17, 15) is 22.4 Å². The van der Waals surface area contributed by atoms with E-state index in [-0.39, 0.29) is 15.6 Å². The molecule has 0 spiro atoms. The predicted octanol–water partition coefficient (Wildman–Crippen LogP) is 2.84. The summed E-state index contributed by atoms with van der Waals surface area (Å²) in [5, 5.41) is 2.36. The number of rotatable bonds is 5. The van der Waals surface area contributed by atoms with Crippen LogP contribution in [0.25, 0.3) is 0 Å². The first-order valence-electron chi connectivity index (χ1n) is 9.23. The van der Waals surface area contributed by atoms with Crippen LogP contribution in [0.1, 0.15) is 25.7 Å². The molecule has 10 heteroatoms. The Hall–Kier alpha value is -2.23. The molecule has 0 radical (unpaired) electrons. The topological polar surface area (TPSA) is 88.5 Å². The molecule has 1 N–H and O–H groups in total. The van der Waals surface area contributed by atoms with Gasteiger partial charge in [0.1, 0.15) is 17.3 Å². The summed E-state index contributed by atoms with van der Waals surface area (Å²) in [6, 6.07) is 6.38. The van der Waals surface area contributed by atoms with Gasteiger partial charge in [-0.1, -0.05) is 24.4 Å². The number of nitrogens with one attached hydrogen (secondary N) is 1. The summed E-state index contributed by atoms with van der Waals surface area (Å²) in [5.41, 5.74) is -0.494. The third-order valence-electron chi connectivity index (χ3n) is 4.69. The van der Waals surface area contributed by atoms with Crippen LogP contribution in [0, 0.1) is 5.82 Å². The number of pyridine rings is 1. The molecule has 156 valence electrons. The number of aromatic nitrogens is 1. The largest absolute Gasteiger partial charge is 0.324 e. The van der Waals surface area contributed by atoms with Crippen molar-refractivity contribution in [3.63, 3.8) is 0 Å².